The maximum Gasteiger partial charge on any atom is 0.411 e. The van der Waals surface area contributed by atoms with E-state index in [0.717, 1.165) is 0 Å². The second-order valence-electron chi connectivity index (χ2n) is 8.89. The van der Waals surface area contributed by atoms with Crippen LogP contribution in [0.2, 0.25) is 0 Å². The van der Waals surface area contributed by atoms with Gasteiger partial charge in [-0.15, -0.1) is 0 Å². The van der Waals surface area contributed by atoms with E-state index in [1.165, 1.54) is 12.0 Å². The number of carbonyl (C=O) groups is 2. The highest BCUT2D eigenvalue weighted by atomic mass is 16.6. The molecule has 1 rings (SSSR count). The van der Waals surface area contributed by atoms with Gasteiger partial charge in [-0.05, 0) is 41.5 Å². The number of hydrogen-bond acceptors (Lipinski definition) is 6. The summed E-state index contributed by atoms with van der Waals surface area (Å²) in [6.07, 6.45) is -0.356. The number of rotatable bonds is 6. The van der Waals surface area contributed by atoms with E-state index < -0.39 is 23.7 Å². The Bertz CT molecular complexity index is 479. The normalized spacial score (nSPS) is 22.2. The Morgan fingerprint density at radius 3 is 2.19 bits per heavy atom. The highest BCUT2D eigenvalue weighted by molar-refractivity contribution is 5.82. The SMILES string of the molecule is COC(=O)C1CC(OCC(C)COC(C)(C)C)CN1C(=O)OC(C)(C)C. The van der Waals surface area contributed by atoms with Gasteiger partial charge in [0, 0.05) is 12.3 Å². The lowest BCUT2D eigenvalue weighted by molar-refractivity contribution is -0.145. The smallest absolute Gasteiger partial charge is 0.411 e. The van der Waals surface area contributed by atoms with E-state index in [1.54, 1.807) is 20.8 Å². The van der Waals surface area contributed by atoms with Gasteiger partial charge in [0.2, 0.25) is 0 Å². The number of nitrogens with zero attached hydrogens (tertiary/aromatic N) is 1. The summed E-state index contributed by atoms with van der Waals surface area (Å²) in [5.74, 6) is -0.243. The number of methoxy groups -OCH3 is 1. The van der Waals surface area contributed by atoms with Crippen molar-refractivity contribution >= 4 is 12.1 Å². The molecule has 0 N–H and O–H groups in total. The molecule has 7 nitrogen and oxygen atoms in total. The Hall–Kier alpha value is -1.34. The van der Waals surface area contributed by atoms with Gasteiger partial charge in [-0.1, -0.05) is 6.92 Å². The van der Waals surface area contributed by atoms with Crippen LogP contribution in [0.4, 0.5) is 4.79 Å². The third-order valence-corrected chi connectivity index (χ3v) is 3.78. The van der Waals surface area contributed by atoms with Crippen molar-refractivity contribution in [1.82, 2.24) is 4.90 Å². The first-order chi connectivity index (χ1) is 11.8. The third kappa shape index (κ3) is 7.91. The Labute approximate surface area is 157 Å². The fourth-order valence-electron chi connectivity index (χ4n) is 2.54. The fourth-order valence-corrected chi connectivity index (χ4v) is 2.54. The minimum absolute atomic E-state index is 0.189. The maximum atomic E-state index is 12.4. The standard InChI is InChI=1S/C19H35NO6/c1-13(12-25-18(2,3)4)11-24-14-9-15(16(21)23-8)20(10-14)17(22)26-19(5,6)7/h13-15H,9-12H2,1-8H3. The summed E-state index contributed by atoms with van der Waals surface area (Å²) >= 11 is 0. The van der Waals surface area contributed by atoms with Crippen LogP contribution in [0.3, 0.4) is 0 Å². The van der Waals surface area contributed by atoms with Crippen LogP contribution >= 0.6 is 0 Å². The Morgan fingerprint density at radius 1 is 1.08 bits per heavy atom. The minimum Gasteiger partial charge on any atom is -0.467 e. The number of carbonyl (C=O) groups excluding carboxylic acids is 2. The molecule has 0 aromatic heterocycles. The Balaban J connectivity index is 2.61. The lowest BCUT2D eigenvalue weighted by atomic mass is 10.1. The van der Waals surface area contributed by atoms with Gasteiger partial charge in [-0.3, -0.25) is 4.90 Å². The van der Waals surface area contributed by atoms with Gasteiger partial charge in [-0.2, -0.15) is 0 Å². The number of ether oxygens (including phenoxy) is 4. The van der Waals surface area contributed by atoms with E-state index in [0.29, 0.717) is 26.2 Å². The number of hydrogen-bond donors (Lipinski definition) is 0. The summed E-state index contributed by atoms with van der Waals surface area (Å²) < 4.78 is 21.9. The summed E-state index contributed by atoms with van der Waals surface area (Å²) in [6.45, 7) is 14.8. The second-order valence-corrected chi connectivity index (χ2v) is 8.89. The molecule has 3 atom stereocenters. The number of amides is 1. The van der Waals surface area contributed by atoms with Gasteiger partial charge < -0.3 is 18.9 Å². The molecule has 0 aromatic carbocycles. The van der Waals surface area contributed by atoms with Crippen LogP contribution in [0.25, 0.3) is 0 Å². The predicted molar refractivity (Wildman–Crippen MR) is 98.0 cm³/mol. The Kier molecular flexibility index (Phi) is 7.89. The first-order valence-electron chi connectivity index (χ1n) is 9.15. The largest absolute Gasteiger partial charge is 0.467 e. The summed E-state index contributed by atoms with van der Waals surface area (Å²) in [5, 5.41) is 0. The molecule has 0 bridgehead atoms. The molecule has 1 heterocycles. The number of likely N-dealkylation sites (tertiary alicyclic amines) is 1. The maximum absolute atomic E-state index is 12.4. The van der Waals surface area contributed by atoms with Crippen molar-refractivity contribution < 1.29 is 28.5 Å². The molecule has 1 amide bonds. The van der Waals surface area contributed by atoms with Crippen molar-refractivity contribution in [2.75, 3.05) is 26.9 Å². The molecule has 0 saturated carbocycles. The van der Waals surface area contributed by atoms with Crippen LogP contribution in [0.15, 0.2) is 0 Å². The molecular formula is C19H35NO6. The Morgan fingerprint density at radius 2 is 1.69 bits per heavy atom. The molecule has 26 heavy (non-hydrogen) atoms. The number of esters is 1. The summed E-state index contributed by atoms with van der Waals surface area (Å²) in [4.78, 5) is 25.9. The third-order valence-electron chi connectivity index (χ3n) is 3.78. The van der Waals surface area contributed by atoms with Crippen LogP contribution in [0.5, 0.6) is 0 Å². The summed E-state index contributed by atoms with van der Waals surface area (Å²) in [5.41, 5.74) is -0.819. The van der Waals surface area contributed by atoms with Crippen molar-refractivity contribution in [1.29, 1.82) is 0 Å². The summed E-state index contributed by atoms with van der Waals surface area (Å²) in [6, 6.07) is -0.680. The highest BCUT2D eigenvalue weighted by Gasteiger charge is 2.42. The van der Waals surface area contributed by atoms with E-state index in [2.05, 4.69) is 0 Å². The molecule has 1 aliphatic rings. The molecule has 1 aliphatic heterocycles. The zero-order chi connectivity index (χ0) is 20.1. The van der Waals surface area contributed by atoms with Crippen molar-refractivity contribution in [2.24, 2.45) is 5.92 Å². The molecule has 152 valence electrons. The monoisotopic (exact) mass is 373 g/mol. The highest BCUT2D eigenvalue weighted by Crippen LogP contribution is 2.24. The molecular weight excluding hydrogens is 338 g/mol. The predicted octanol–water partition coefficient (Wildman–Crippen LogP) is 3.01. The lowest BCUT2D eigenvalue weighted by Crippen LogP contribution is -2.44. The van der Waals surface area contributed by atoms with Gasteiger partial charge in [0.05, 0.1) is 38.6 Å². The second kappa shape index (κ2) is 9.04. The van der Waals surface area contributed by atoms with Crippen LogP contribution in [-0.4, -0.2) is 67.2 Å². The molecule has 0 spiro atoms. The summed E-state index contributed by atoms with van der Waals surface area (Å²) in [7, 11) is 1.32. The van der Waals surface area contributed by atoms with Gasteiger partial charge in [0.15, 0.2) is 0 Å². The molecule has 1 fully saturated rings. The molecule has 7 heteroatoms. The van der Waals surface area contributed by atoms with E-state index in [1.807, 2.05) is 27.7 Å². The van der Waals surface area contributed by atoms with Crippen molar-refractivity contribution in [3.63, 3.8) is 0 Å². The van der Waals surface area contributed by atoms with Crippen LogP contribution in [0.1, 0.15) is 54.9 Å². The van der Waals surface area contributed by atoms with E-state index in [4.69, 9.17) is 18.9 Å². The van der Waals surface area contributed by atoms with Gasteiger partial charge in [0.1, 0.15) is 11.6 Å². The fraction of sp³-hybridized carbons (Fsp3) is 0.895. The van der Waals surface area contributed by atoms with Gasteiger partial charge in [-0.25, -0.2) is 9.59 Å². The molecule has 3 unspecified atom stereocenters. The van der Waals surface area contributed by atoms with Crippen molar-refractivity contribution in [2.45, 2.75) is 78.2 Å². The minimum atomic E-state index is -0.680. The van der Waals surface area contributed by atoms with Crippen LogP contribution < -0.4 is 0 Å². The molecule has 0 radical (unpaired) electrons. The topological polar surface area (TPSA) is 74.3 Å². The zero-order valence-corrected chi connectivity index (χ0v) is 17.5. The van der Waals surface area contributed by atoms with E-state index >= 15 is 0 Å². The van der Waals surface area contributed by atoms with Gasteiger partial charge >= 0.3 is 12.1 Å². The first kappa shape index (κ1) is 22.7. The average Bonchev–Trinajstić information content (AvgIpc) is 2.92. The molecule has 0 aliphatic carbocycles. The van der Waals surface area contributed by atoms with E-state index in [9.17, 15) is 9.59 Å². The van der Waals surface area contributed by atoms with E-state index in [-0.39, 0.29) is 17.6 Å². The molecule has 1 saturated heterocycles. The quantitative estimate of drug-likeness (QED) is 0.666. The first-order valence-corrected chi connectivity index (χ1v) is 9.15. The van der Waals surface area contributed by atoms with Crippen molar-refractivity contribution in [3.05, 3.63) is 0 Å². The molecule has 0 aromatic rings. The van der Waals surface area contributed by atoms with Gasteiger partial charge in [0.25, 0.3) is 0 Å². The lowest BCUT2D eigenvalue weighted by Gasteiger charge is -2.27. The zero-order valence-electron chi connectivity index (χ0n) is 17.5. The van der Waals surface area contributed by atoms with Crippen LogP contribution in [-0.2, 0) is 23.7 Å². The van der Waals surface area contributed by atoms with Crippen molar-refractivity contribution in [3.8, 4) is 0 Å². The van der Waals surface area contributed by atoms with Crippen LogP contribution in [0, 0.1) is 5.92 Å². The average molecular weight is 373 g/mol.